The first-order valence-electron chi connectivity index (χ1n) is 9.27. The molecule has 1 heterocycles. The molecule has 0 atom stereocenters. The third kappa shape index (κ3) is 7.30. The van der Waals surface area contributed by atoms with Gasteiger partial charge in [0.05, 0.1) is 0 Å². The Balaban J connectivity index is 2.05. The van der Waals surface area contributed by atoms with Gasteiger partial charge in [-0.25, -0.2) is 4.99 Å². The summed E-state index contributed by atoms with van der Waals surface area (Å²) in [6, 6.07) is 6.56. The van der Waals surface area contributed by atoms with Gasteiger partial charge in [0.2, 0.25) is 0 Å². The van der Waals surface area contributed by atoms with Crippen LogP contribution in [0, 0.1) is 6.92 Å². The first-order chi connectivity index (χ1) is 13.9. The van der Waals surface area contributed by atoms with Gasteiger partial charge in [0.25, 0.3) is 0 Å². The highest BCUT2D eigenvalue weighted by molar-refractivity contribution is 5.79. The Kier molecular flexibility index (Phi) is 8.78. The SMILES string of the molecule is COCCCNC(=NCc1nnc(C)n1C)N(C)Cc1ccc(OC(F)F)cc1. The lowest BCUT2D eigenvalue weighted by Crippen LogP contribution is -2.39. The summed E-state index contributed by atoms with van der Waals surface area (Å²) in [6.07, 6.45) is 0.839. The number of nitrogens with zero attached hydrogens (tertiary/aromatic N) is 5. The summed E-state index contributed by atoms with van der Waals surface area (Å²) in [7, 11) is 5.48. The molecule has 1 aromatic carbocycles. The van der Waals surface area contributed by atoms with Gasteiger partial charge >= 0.3 is 6.61 Å². The van der Waals surface area contributed by atoms with Gasteiger partial charge < -0.3 is 24.3 Å². The molecule has 0 amide bonds. The second-order valence-electron chi connectivity index (χ2n) is 6.51. The zero-order valence-electron chi connectivity index (χ0n) is 17.2. The maximum Gasteiger partial charge on any atom is 0.387 e. The highest BCUT2D eigenvalue weighted by Gasteiger charge is 2.10. The molecule has 0 fully saturated rings. The van der Waals surface area contributed by atoms with Crippen molar-refractivity contribution in [1.29, 1.82) is 0 Å². The molecule has 2 aromatic rings. The minimum Gasteiger partial charge on any atom is -0.435 e. The standard InChI is InChI=1S/C19H28F2N6O2/c1-14-24-25-17(27(14)3)12-23-19(22-10-5-11-28-4)26(2)13-15-6-8-16(9-7-15)29-18(20)21/h6-9,18H,5,10-13H2,1-4H3,(H,22,23). The van der Waals surface area contributed by atoms with E-state index in [1.807, 2.05) is 30.5 Å². The number of aryl methyl sites for hydroxylation is 1. The smallest absolute Gasteiger partial charge is 0.387 e. The molecule has 1 N–H and O–H groups in total. The molecule has 10 heteroatoms. The van der Waals surface area contributed by atoms with Crippen molar-refractivity contribution in [3.8, 4) is 5.75 Å². The highest BCUT2D eigenvalue weighted by atomic mass is 19.3. The van der Waals surface area contributed by atoms with Crippen molar-refractivity contribution in [3.63, 3.8) is 0 Å². The van der Waals surface area contributed by atoms with Crippen molar-refractivity contribution in [1.82, 2.24) is 25.0 Å². The van der Waals surface area contributed by atoms with Crippen molar-refractivity contribution in [2.45, 2.75) is 33.0 Å². The van der Waals surface area contributed by atoms with Gasteiger partial charge in [0.15, 0.2) is 11.8 Å². The molecule has 0 spiro atoms. The summed E-state index contributed by atoms with van der Waals surface area (Å²) in [6.45, 7) is 1.34. The van der Waals surface area contributed by atoms with Crippen LogP contribution in [0.5, 0.6) is 5.75 Å². The Labute approximate surface area is 169 Å². The molecule has 0 saturated carbocycles. The second-order valence-corrected chi connectivity index (χ2v) is 6.51. The third-order valence-electron chi connectivity index (χ3n) is 4.29. The lowest BCUT2D eigenvalue weighted by Gasteiger charge is -2.23. The Morgan fingerprint density at radius 2 is 2.00 bits per heavy atom. The number of methoxy groups -OCH3 is 1. The van der Waals surface area contributed by atoms with Crippen molar-refractivity contribution >= 4 is 5.96 Å². The van der Waals surface area contributed by atoms with Crippen molar-refractivity contribution in [2.75, 3.05) is 27.3 Å². The predicted molar refractivity (Wildman–Crippen MR) is 106 cm³/mol. The van der Waals surface area contributed by atoms with E-state index >= 15 is 0 Å². The first-order valence-corrected chi connectivity index (χ1v) is 9.27. The quantitative estimate of drug-likeness (QED) is 0.368. The number of rotatable bonds is 10. The van der Waals surface area contributed by atoms with Crippen LogP contribution in [0.4, 0.5) is 8.78 Å². The second kappa shape index (κ2) is 11.3. The number of halogens is 2. The monoisotopic (exact) mass is 410 g/mol. The van der Waals surface area contributed by atoms with Crippen molar-refractivity contribution in [2.24, 2.45) is 12.0 Å². The van der Waals surface area contributed by atoms with Crippen LogP contribution < -0.4 is 10.1 Å². The lowest BCUT2D eigenvalue weighted by atomic mass is 10.2. The van der Waals surface area contributed by atoms with E-state index in [0.29, 0.717) is 32.2 Å². The van der Waals surface area contributed by atoms with Crippen LogP contribution in [0.1, 0.15) is 23.6 Å². The van der Waals surface area contributed by atoms with E-state index in [1.165, 1.54) is 12.1 Å². The maximum absolute atomic E-state index is 12.3. The highest BCUT2D eigenvalue weighted by Crippen LogP contribution is 2.16. The normalized spacial score (nSPS) is 11.8. The molecule has 0 saturated heterocycles. The van der Waals surface area contributed by atoms with E-state index < -0.39 is 6.61 Å². The van der Waals surface area contributed by atoms with Crippen molar-refractivity contribution in [3.05, 3.63) is 41.5 Å². The summed E-state index contributed by atoms with van der Waals surface area (Å²) < 4.78 is 36.0. The van der Waals surface area contributed by atoms with E-state index in [2.05, 4.69) is 25.2 Å². The molecule has 0 aliphatic carbocycles. The molecule has 29 heavy (non-hydrogen) atoms. The maximum atomic E-state index is 12.3. The first kappa shape index (κ1) is 22.5. The molecule has 0 aliphatic heterocycles. The van der Waals surface area contributed by atoms with E-state index in [-0.39, 0.29) is 5.75 Å². The van der Waals surface area contributed by atoms with Crippen LogP contribution in [-0.2, 0) is 24.9 Å². The summed E-state index contributed by atoms with van der Waals surface area (Å²) in [5.74, 6) is 2.43. The summed E-state index contributed by atoms with van der Waals surface area (Å²) >= 11 is 0. The van der Waals surface area contributed by atoms with Gasteiger partial charge in [-0.1, -0.05) is 12.1 Å². The fraction of sp³-hybridized carbons (Fsp3) is 0.526. The van der Waals surface area contributed by atoms with Crippen LogP contribution in [0.25, 0.3) is 0 Å². The largest absolute Gasteiger partial charge is 0.435 e. The molecule has 2 rings (SSSR count). The Bertz CT molecular complexity index is 780. The fourth-order valence-corrected chi connectivity index (χ4v) is 2.59. The van der Waals surface area contributed by atoms with E-state index in [0.717, 1.165) is 23.6 Å². The zero-order valence-corrected chi connectivity index (χ0v) is 17.2. The minimum atomic E-state index is -2.83. The number of hydrogen-bond acceptors (Lipinski definition) is 5. The van der Waals surface area contributed by atoms with Gasteiger partial charge in [-0.2, -0.15) is 8.78 Å². The average molecular weight is 410 g/mol. The number of aliphatic imine (C=N–C) groups is 1. The molecule has 1 aromatic heterocycles. The molecular formula is C19H28F2N6O2. The van der Waals surface area contributed by atoms with Gasteiger partial charge in [0.1, 0.15) is 18.1 Å². The van der Waals surface area contributed by atoms with Crippen molar-refractivity contribution < 1.29 is 18.3 Å². The zero-order chi connectivity index (χ0) is 21.2. The minimum absolute atomic E-state index is 0.135. The van der Waals surface area contributed by atoms with E-state index in [9.17, 15) is 8.78 Å². The third-order valence-corrected chi connectivity index (χ3v) is 4.29. The van der Waals surface area contributed by atoms with Crippen LogP contribution in [0.2, 0.25) is 0 Å². The van der Waals surface area contributed by atoms with E-state index in [4.69, 9.17) is 4.74 Å². The van der Waals surface area contributed by atoms with Crippen LogP contribution in [0.3, 0.4) is 0 Å². The van der Waals surface area contributed by atoms with Gasteiger partial charge in [-0.05, 0) is 31.0 Å². The average Bonchev–Trinajstić information content (AvgIpc) is 3.00. The lowest BCUT2D eigenvalue weighted by molar-refractivity contribution is -0.0498. The Morgan fingerprint density at radius 1 is 1.28 bits per heavy atom. The number of hydrogen-bond donors (Lipinski definition) is 1. The molecule has 160 valence electrons. The fourth-order valence-electron chi connectivity index (χ4n) is 2.59. The Morgan fingerprint density at radius 3 is 2.59 bits per heavy atom. The molecule has 8 nitrogen and oxygen atoms in total. The summed E-state index contributed by atoms with van der Waals surface area (Å²) in [4.78, 5) is 6.62. The van der Waals surface area contributed by atoms with Crippen LogP contribution in [0.15, 0.2) is 29.3 Å². The molecule has 0 unspecified atom stereocenters. The van der Waals surface area contributed by atoms with Gasteiger partial charge in [-0.15, -0.1) is 10.2 Å². The molecule has 0 radical (unpaired) electrons. The number of nitrogens with one attached hydrogen (secondary N) is 1. The van der Waals surface area contributed by atoms with Gasteiger partial charge in [-0.3, -0.25) is 0 Å². The number of benzene rings is 1. The van der Waals surface area contributed by atoms with Crippen LogP contribution in [-0.4, -0.2) is 59.5 Å². The summed E-state index contributed by atoms with van der Waals surface area (Å²) in [5.41, 5.74) is 0.940. The number of aromatic nitrogens is 3. The molecular weight excluding hydrogens is 382 g/mol. The van der Waals surface area contributed by atoms with Crippen LogP contribution >= 0.6 is 0 Å². The Hall–Kier alpha value is -2.75. The number of alkyl halides is 2. The predicted octanol–water partition coefficient (Wildman–Crippen LogP) is 2.34. The number of guanidine groups is 1. The van der Waals surface area contributed by atoms with E-state index in [1.54, 1.807) is 19.2 Å². The number of ether oxygens (including phenoxy) is 2. The van der Waals surface area contributed by atoms with Gasteiger partial charge in [0, 0.05) is 40.9 Å². The molecule has 0 bridgehead atoms. The summed E-state index contributed by atoms with van der Waals surface area (Å²) in [5, 5.41) is 11.5. The topological polar surface area (TPSA) is 76.8 Å². The molecule has 0 aliphatic rings.